The molecule has 0 aliphatic rings. The second-order valence-corrected chi connectivity index (χ2v) is 7.67. The highest BCUT2D eigenvalue weighted by Gasteiger charge is 2.27. The Bertz CT molecular complexity index is 958. The summed E-state index contributed by atoms with van der Waals surface area (Å²) in [6.45, 7) is 2.90. The Morgan fingerprint density at radius 3 is 2.37 bits per heavy atom. The molecule has 142 valence electrons. The van der Waals surface area contributed by atoms with Crippen molar-refractivity contribution in [1.29, 1.82) is 0 Å². The SMILES string of the molecule is C=CCN(c1ccccc1C(=O)NCC(=O)O)S(=O)(=O)c1ccc(Cl)cc1. The second-order valence-electron chi connectivity index (χ2n) is 5.37. The first-order valence-electron chi connectivity index (χ1n) is 7.75. The van der Waals surface area contributed by atoms with Crippen molar-refractivity contribution in [2.75, 3.05) is 17.4 Å². The van der Waals surface area contributed by atoms with Crippen LogP contribution >= 0.6 is 11.6 Å². The molecule has 27 heavy (non-hydrogen) atoms. The van der Waals surface area contributed by atoms with Crippen LogP contribution in [0.5, 0.6) is 0 Å². The third kappa shape index (κ3) is 4.87. The smallest absolute Gasteiger partial charge is 0.322 e. The summed E-state index contributed by atoms with van der Waals surface area (Å²) in [5.74, 6) is -1.91. The van der Waals surface area contributed by atoms with E-state index in [0.29, 0.717) is 5.02 Å². The summed E-state index contributed by atoms with van der Waals surface area (Å²) in [4.78, 5) is 23.0. The average Bonchev–Trinajstić information content (AvgIpc) is 2.64. The number of hydrogen-bond donors (Lipinski definition) is 2. The molecule has 0 fully saturated rings. The molecule has 2 aromatic carbocycles. The molecule has 0 spiro atoms. The number of anilines is 1. The lowest BCUT2D eigenvalue weighted by molar-refractivity contribution is -0.135. The number of nitrogens with one attached hydrogen (secondary N) is 1. The van der Waals surface area contributed by atoms with Crippen molar-refractivity contribution in [2.45, 2.75) is 4.90 Å². The van der Waals surface area contributed by atoms with Gasteiger partial charge in [0, 0.05) is 5.02 Å². The van der Waals surface area contributed by atoms with Crippen LogP contribution < -0.4 is 9.62 Å². The molecule has 2 N–H and O–H groups in total. The maximum atomic E-state index is 13.1. The summed E-state index contributed by atoms with van der Waals surface area (Å²) in [5.41, 5.74) is 0.133. The standard InChI is InChI=1S/C18H17ClN2O5S/c1-2-11-21(27(25,26)14-9-7-13(19)8-10-14)16-6-4-3-5-15(16)18(24)20-12-17(22)23/h2-10H,1,11-12H2,(H,20,24)(H,22,23). The van der Waals surface area contributed by atoms with Gasteiger partial charge in [0.2, 0.25) is 0 Å². The number of para-hydroxylation sites is 1. The molecular weight excluding hydrogens is 392 g/mol. The Morgan fingerprint density at radius 2 is 1.78 bits per heavy atom. The number of nitrogens with zero attached hydrogens (tertiary/aromatic N) is 1. The predicted molar refractivity (Wildman–Crippen MR) is 103 cm³/mol. The number of amides is 1. The Kier molecular flexibility index (Phi) is 6.59. The number of benzene rings is 2. The molecule has 0 atom stereocenters. The van der Waals surface area contributed by atoms with E-state index in [1.54, 1.807) is 12.1 Å². The molecule has 2 rings (SSSR count). The lowest BCUT2D eigenvalue weighted by Crippen LogP contribution is -2.35. The molecule has 0 bridgehead atoms. The van der Waals surface area contributed by atoms with E-state index in [1.807, 2.05) is 0 Å². The Hall–Kier alpha value is -2.84. The van der Waals surface area contributed by atoms with Gasteiger partial charge in [0.25, 0.3) is 15.9 Å². The number of halogens is 1. The van der Waals surface area contributed by atoms with Gasteiger partial charge in [-0.05, 0) is 36.4 Å². The number of rotatable bonds is 8. The van der Waals surface area contributed by atoms with Gasteiger partial charge in [-0.15, -0.1) is 6.58 Å². The van der Waals surface area contributed by atoms with Gasteiger partial charge in [-0.2, -0.15) is 0 Å². The predicted octanol–water partition coefficient (Wildman–Crippen LogP) is 2.54. The largest absolute Gasteiger partial charge is 0.480 e. The summed E-state index contributed by atoms with van der Waals surface area (Å²) in [5, 5.41) is 11.3. The van der Waals surface area contributed by atoms with Crippen LogP contribution in [-0.2, 0) is 14.8 Å². The minimum Gasteiger partial charge on any atom is -0.480 e. The van der Waals surface area contributed by atoms with Gasteiger partial charge in [0.15, 0.2) is 0 Å². The van der Waals surface area contributed by atoms with Crippen molar-refractivity contribution in [3.8, 4) is 0 Å². The topological polar surface area (TPSA) is 104 Å². The average molecular weight is 409 g/mol. The zero-order chi connectivity index (χ0) is 20.0. The van der Waals surface area contributed by atoms with Crippen molar-refractivity contribution < 1.29 is 23.1 Å². The molecule has 1 amide bonds. The van der Waals surface area contributed by atoms with Crippen LogP contribution in [0.3, 0.4) is 0 Å². The molecule has 0 radical (unpaired) electrons. The zero-order valence-corrected chi connectivity index (χ0v) is 15.7. The summed E-state index contributed by atoms with van der Waals surface area (Å²) in [6, 6.07) is 11.6. The first-order chi connectivity index (χ1) is 12.8. The van der Waals surface area contributed by atoms with Crippen LogP contribution in [0.1, 0.15) is 10.4 Å². The minimum atomic E-state index is -4.01. The Balaban J connectivity index is 2.51. The van der Waals surface area contributed by atoms with Gasteiger partial charge in [-0.3, -0.25) is 13.9 Å². The molecule has 0 saturated carbocycles. The molecule has 0 aliphatic carbocycles. The first kappa shape index (κ1) is 20.5. The van der Waals surface area contributed by atoms with E-state index < -0.39 is 28.4 Å². The summed E-state index contributed by atoms with van der Waals surface area (Å²) in [6.07, 6.45) is 1.39. The number of carboxylic acid groups (broad SMARTS) is 1. The van der Waals surface area contributed by atoms with E-state index in [-0.39, 0.29) is 22.7 Å². The monoisotopic (exact) mass is 408 g/mol. The fraction of sp³-hybridized carbons (Fsp3) is 0.111. The minimum absolute atomic E-state index is 0.00510. The molecule has 9 heteroatoms. The zero-order valence-electron chi connectivity index (χ0n) is 14.1. The summed E-state index contributed by atoms with van der Waals surface area (Å²) < 4.78 is 27.2. The fourth-order valence-corrected chi connectivity index (χ4v) is 3.89. The van der Waals surface area contributed by atoms with Crippen molar-refractivity contribution in [1.82, 2.24) is 5.32 Å². The lowest BCUT2D eigenvalue weighted by atomic mass is 10.1. The third-order valence-corrected chi connectivity index (χ3v) is 5.56. The van der Waals surface area contributed by atoms with Crippen molar-refractivity contribution in [3.63, 3.8) is 0 Å². The number of carboxylic acids is 1. The second kappa shape index (κ2) is 8.70. The Labute approximate surface area is 161 Å². The van der Waals surface area contributed by atoms with Gasteiger partial charge in [-0.25, -0.2) is 8.42 Å². The van der Waals surface area contributed by atoms with Gasteiger partial charge >= 0.3 is 5.97 Å². The van der Waals surface area contributed by atoms with Crippen molar-refractivity contribution in [2.24, 2.45) is 0 Å². The van der Waals surface area contributed by atoms with E-state index >= 15 is 0 Å². The van der Waals surface area contributed by atoms with E-state index in [2.05, 4.69) is 11.9 Å². The summed E-state index contributed by atoms with van der Waals surface area (Å²) >= 11 is 5.82. The number of sulfonamides is 1. The number of carbonyl (C=O) groups excluding carboxylic acids is 1. The van der Waals surface area contributed by atoms with E-state index in [9.17, 15) is 18.0 Å². The molecule has 0 aromatic heterocycles. The lowest BCUT2D eigenvalue weighted by Gasteiger charge is -2.25. The Morgan fingerprint density at radius 1 is 1.15 bits per heavy atom. The molecular formula is C18H17ClN2O5S. The maximum Gasteiger partial charge on any atom is 0.322 e. The van der Waals surface area contributed by atoms with Crippen molar-refractivity contribution >= 4 is 39.2 Å². The highest BCUT2D eigenvalue weighted by atomic mass is 35.5. The highest BCUT2D eigenvalue weighted by molar-refractivity contribution is 7.92. The van der Waals surface area contributed by atoms with Crippen LogP contribution in [0.15, 0.2) is 66.1 Å². The quantitative estimate of drug-likeness (QED) is 0.653. The van der Waals surface area contributed by atoms with Gasteiger partial charge < -0.3 is 10.4 Å². The summed E-state index contributed by atoms with van der Waals surface area (Å²) in [7, 11) is -4.01. The third-order valence-electron chi connectivity index (χ3n) is 3.51. The molecule has 0 saturated heterocycles. The molecule has 7 nitrogen and oxygen atoms in total. The maximum absolute atomic E-state index is 13.1. The van der Waals surface area contributed by atoms with Gasteiger partial charge in [-0.1, -0.05) is 29.8 Å². The molecule has 0 aliphatic heterocycles. The fourth-order valence-electron chi connectivity index (χ4n) is 2.31. The van der Waals surface area contributed by atoms with Crippen LogP contribution in [0.25, 0.3) is 0 Å². The highest BCUT2D eigenvalue weighted by Crippen LogP contribution is 2.27. The van der Waals surface area contributed by atoms with Crippen LogP contribution in [0, 0.1) is 0 Å². The molecule has 0 heterocycles. The van der Waals surface area contributed by atoms with Crippen LogP contribution in [0.2, 0.25) is 5.02 Å². The number of aliphatic carboxylic acids is 1. The number of carbonyl (C=O) groups is 2. The van der Waals surface area contributed by atoms with Gasteiger partial charge in [0.05, 0.1) is 22.7 Å². The normalized spacial score (nSPS) is 10.9. The van der Waals surface area contributed by atoms with Crippen LogP contribution in [-0.4, -0.2) is 38.5 Å². The van der Waals surface area contributed by atoms with Crippen molar-refractivity contribution in [3.05, 3.63) is 71.8 Å². The first-order valence-corrected chi connectivity index (χ1v) is 9.57. The van der Waals surface area contributed by atoms with Crippen LogP contribution in [0.4, 0.5) is 5.69 Å². The van der Waals surface area contributed by atoms with E-state index in [0.717, 1.165) is 4.31 Å². The molecule has 0 unspecified atom stereocenters. The van der Waals surface area contributed by atoms with Gasteiger partial charge in [0.1, 0.15) is 6.54 Å². The number of hydrogen-bond acceptors (Lipinski definition) is 4. The molecule has 2 aromatic rings. The van der Waals surface area contributed by atoms with E-state index in [4.69, 9.17) is 16.7 Å². The van der Waals surface area contributed by atoms with E-state index in [1.165, 1.54) is 42.5 Å².